The van der Waals surface area contributed by atoms with Crippen LogP contribution in [-0.4, -0.2) is 23.6 Å². The molecule has 1 aromatic heterocycles. The van der Waals surface area contributed by atoms with Gasteiger partial charge in [-0.25, -0.2) is 0 Å². The summed E-state index contributed by atoms with van der Waals surface area (Å²) in [6.45, 7) is 6.57. The van der Waals surface area contributed by atoms with Crippen LogP contribution in [-0.2, 0) is 11.8 Å². The van der Waals surface area contributed by atoms with Crippen LogP contribution in [0.25, 0.3) is 11.3 Å². The average molecular weight is 421 g/mol. The minimum atomic E-state index is -0.579. The second-order valence-electron chi connectivity index (χ2n) is 7.69. The zero-order valence-corrected chi connectivity index (χ0v) is 18.4. The highest BCUT2D eigenvalue weighted by Crippen LogP contribution is 2.28. The lowest BCUT2D eigenvalue weighted by Gasteiger charge is -2.17. The van der Waals surface area contributed by atoms with Gasteiger partial charge in [-0.3, -0.25) is 0 Å². The summed E-state index contributed by atoms with van der Waals surface area (Å²) < 4.78 is 5.30. The van der Waals surface area contributed by atoms with E-state index in [-0.39, 0.29) is 0 Å². The van der Waals surface area contributed by atoms with Crippen molar-refractivity contribution in [3.05, 3.63) is 70.2 Å². The number of anilines is 1. The Morgan fingerprint density at radius 3 is 2.63 bits per heavy atom. The molecule has 0 saturated carbocycles. The molecule has 0 aliphatic rings. The van der Waals surface area contributed by atoms with Gasteiger partial charge in [-0.1, -0.05) is 35.9 Å². The van der Waals surface area contributed by atoms with Crippen molar-refractivity contribution in [1.82, 2.24) is 9.97 Å². The smallest absolute Gasteiger partial charge is 0.318 e. The van der Waals surface area contributed by atoms with Gasteiger partial charge in [-0.15, -0.1) is 0 Å². The van der Waals surface area contributed by atoms with Crippen LogP contribution in [0.4, 0.5) is 5.82 Å². The third-order valence-corrected chi connectivity index (χ3v) is 5.29. The number of ether oxygens (including phenoxy) is 1. The van der Waals surface area contributed by atoms with Crippen molar-refractivity contribution in [2.24, 2.45) is 0 Å². The predicted octanol–water partition coefficient (Wildman–Crippen LogP) is 5.57. The first-order valence-corrected chi connectivity index (χ1v) is 10.1. The standard InChI is InChI=1S/C24H25ClN4O/c1-16-12-20(25)9-8-17(16)10-11-27-22-14-21(28-23(29-22)30-4)18-6-5-7-19(13-18)24(2,3)15-26/h5-9,12-14H,10-11H2,1-4H3,(H,27,28,29). The SMILES string of the molecule is COc1nc(NCCc2ccc(Cl)cc2C)cc(-c2cccc(C(C)(C)C#N)c2)n1. The monoisotopic (exact) mass is 420 g/mol. The van der Waals surface area contributed by atoms with Gasteiger partial charge in [-0.2, -0.15) is 15.2 Å². The molecule has 1 N–H and O–H groups in total. The first-order chi connectivity index (χ1) is 14.3. The topological polar surface area (TPSA) is 70.8 Å². The summed E-state index contributed by atoms with van der Waals surface area (Å²) >= 11 is 6.04. The fourth-order valence-corrected chi connectivity index (χ4v) is 3.38. The van der Waals surface area contributed by atoms with E-state index < -0.39 is 5.41 Å². The fourth-order valence-electron chi connectivity index (χ4n) is 3.15. The maximum atomic E-state index is 9.45. The number of aryl methyl sites for hydroxylation is 1. The molecule has 0 saturated heterocycles. The number of hydrogen-bond donors (Lipinski definition) is 1. The summed E-state index contributed by atoms with van der Waals surface area (Å²) in [5, 5.41) is 13.6. The molecule has 154 valence electrons. The van der Waals surface area contributed by atoms with E-state index in [0.717, 1.165) is 28.3 Å². The molecule has 0 aliphatic heterocycles. The minimum absolute atomic E-state index is 0.294. The van der Waals surface area contributed by atoms with Gasteiger partial charge in [0, 0.05) is 23.2 Å². The number of rotatable bonds is 7. The number of nitrogens with zero attached hydrogens (tertiary/aromatic N) is 3. The largest absolute Gasteiger partial charge is 0.467 e. The van der Waals surface area contributed by atoms with Gasteiger partial charge in [0.15, 0.2) is 0 Å². The molecule has 0 radical (unpaired) electrons. The van der Waals surface area contributed by atoms with Crippen molar-refractivity contribution in [3.63, 3.8) is 0 Å². The van der Waals surface area contributed by atoms with E-state index in [2.05, 4.69) is 28.3 Å². The van der Waals surface area contributed by atoms with E-state index in [1.165, 1.54) is 11.1 Å². The second-order valence-corrected chi connectivity index (χ2v) is 8.13. The van der Waals surface area contributed by atoms with Crippen LogP contribution in [0.1, 0.15) is 30.5 Å². The van der Waals surface area contributed by atoms with E-state index in [1.54, 1.807) is 7.11 Å². The molecular weight excluding hydrogens is 396 g/mol. The van der Waals surface area contributed by atoms with E-state index in [0.29, 0.717) is 18.4 Å². The number of hydrogen-bond acceptors (Lipinski definition) is 5. The third kappa shape index (κ3) is 5.08. The molecular formula is C24H25ClN4O. The highest BCUT2D eigenvalue weighted by atomic mass is 35.5. The van der Waals surface area contributed by atoms with E-state index >= 15 is 0 Å². The first-order valence-electron chi connectivity index (χ1n) is 9.76. The molecule has 6 heteroatoms. The van der Waals surface area contributed by atoms with Gasteiger partial charge < -0.3 is 10.1 Å². The number of halogens is 1. The molecule has 0 amide bonds. The lowest BCUT2D eigenvalue weighted by Crippen LogP contribution is -2.13. The first kappa shape index (κ1) is 21.6. The number of nitriles is 1. The number of aromatic nitrogens is 2. The summed E-state index contributed by atoms with van der Waals surface area (Å²) in [6, 6.07) is 18.3. The maximum absolute atomic E-state index is 9.45. The molecule has 3 aromatic rings. The van der Waals surface area contributed by atoms with Gasteiger partial charge in [-0.05, 0) is 62.1 Å². The van der Waals surface area contributed by atoms with Crippen LogP contribution >= 0.6 is 11.6 Å². The van der Waals surface area contributed by atoms with Crippen molar-refractivity contribution in [3.8, 4) is 23.3 Å². The van der Waals surface area contributed by atoms with Crippen LogP contribution in [0.15, 0.2) is 48.5 Å². The second kappa shape index (κ2) is 9.15. The molecule has 1 heterocycles. The van der Waals surface area contributed by atoms with Crippen LogP contribution in [0.3, 0.4) is 0 Å². The summed E-state index contributed by atoms with van der Waals surface area (Å²) in [4.78, 5) is 8.90. The Bertz CT molecular complexity index is 1090. The highest BCUT2D eigenvalue weighted by Gasteiger charge is 2.20. The van der Waals surface area contributed by atoms with Crippen LogP contribution < -0.4 is 10.1 Å². The molecule has 30 heavy (non-hydrogen) atoms. The van der Waals surface area contributed by atoms with Gasteiger partial charge >= 0.3 is 6.01 Å². The average Bonchev–Trinajstić information content (AvgIpc) is 2.75. The lowest BCUT2D eigenvalue weighted by atomic mass is 9.85. The van der Waals surface area contributed by atoms with E-state index in [9.17, 15) is 5.26 Å². The zero-order valence-electron chi connectivity index (χ0n) is 17.7. The van der Waals surface area contributed by atoms with Gasteiger partial charge in [0.25, 0.3) is 0 Å². The fraction of sp³-hybridized carbons (Fsp3) is 0.292. The Hall–Kier alpha value is -3.10. The number of methoxy groups -OCH3 is 1. The normalized spacial score (nSPS) is 11.1. The van der Waals surface area contributed by atoms with E-state index in [1.807, 2.05) is 62.4 Å². The molecule has 0 fully saturated rings. The lowest BCUT2D eigenvalue weighted by molar-refractivity contribution is 0.381. The highest BCUT2D eigenvalue weighted by molar-refractivity contribution is 6.30. The number of benzene rings is 2. The van der Waals surface area contributed by atoms with Crippen LogP contribution in [0, 0.1) is 18.3 Å². The molecule has 3 rings (SSSR count). The Balaban J connectivity index is 1.82. The van der Waals surface area contributed by atoms with Crippen molar-refractivity contribution in [2.75, 3.05) is 19.0 Å². The number of nitrogens with one attached hydrogen (secondary N) is 1. The Morgan fingerprint density at radius 2 is 1.93 bits per heavy atom. The van der Waals surface area contributed by atoms with E-state index in [4.69, 9.17) is 16.3 Å². The van der Waals surface area contributed by atoms with Crippen molar-refractivity contribution < 1.29 is 4.74 Å². The summed E-state index contributed by atoms with van der Waals surface area (Å²) in [6.07, 6.45) is 0.844. The molecule has 0 atom stereocenters. The maximum Gasteiger partial charge on any atom is 0.318 e. The summed E-state index contributed by atoms with van der Waals surface area (Å²) in [7, 11) is 1.55. The summed E-state index contributed by atoms with van der Waals surface area (Å²) in [5.41, 5.74) is 4.41. The summed E-state index contributed by atoms with van der Waals surface area (Å²) in [5.74, 6) is 0.688. The molecule has 0 spiro atoms. The van der Waals surface area contributed by atoms with Crippen LogP contribution in [0.5, 0.6) is 6.01 Å². The van der Waals surface area contributed by atoms with Gasteiger partial charge in [0.2, 0.25) is 0 Å². The van der Waals surface area contributed by atoms with Crippen molar-refractivity contribution >= 4 is 17.4 Å². The third-order valence-electron chi connectivity index (χ3n) is 5.05. The molecule has 0 bridgehead atoms. The van der Waals surface area contributed by atoms with Crippen molar-refractivity contribution in [1.29, 1.82) is 5.26 Å². The Morgan fingerprint density at radius 1 is 1.13 bits per heavy atom. The quantitative estimate of drug-likeness (QED) is 0.541. The van der Waals surface area contributed by atoms with Gasteiger partial charge in [0.1, 0.15) is 5.82 Å². The predicted molar refractivity (Wildman–Crippen MR) is 121 cm³/mol. The Kier molecular flexibility index (Phi) is 6.59. The molecule has 0 aliphatic carbocycles. The van der Waals surface area contributed by atoms with Gasteiger partial charge in [0.05, 0.1) is 24.3 Å². The minimum Gasteiger partial charge on any atom is -0.467 e. The Labute approximate surface area is 182 Å². The van der Waals surface area contributed by atoms with Crippen LogP contribution in [0.2, 0.25) is 5.02 Å². The zero-order chi connectivity index (χ0) is 21.7. The molecule has 2 aromatic carbocycles. The van der Waals surface area contributed by atoms with Crippen molar-refractivity contribution in [2.45, 2.75) is 32.6 Å². The molecule has 5 nitrogen and oxygen atoms in total. The molecule has 0 unspecified atom stereocenters.